The molecular formula is C29H31F2N3O5. The Morgan fingerprint density at radius 3 is 2.18 bits per heavy atom. The first-order valence-corrected chi connectivity index (χ1v) is 12.2. The average molecular weight is 540 g/mol. The maximum absolute atomic E-state index is 12.9. The smallest absolute Gasteiger partial charge is 0.387 e. The summed E-state index contributed by atoms with van der Waals surface area (Å²) in [5.74, 6) is -0.601. The van der Waals surface area contributed by atoms with Crippen LogP contribution in [0.5, 0.6) is 11.5 Å². The molecule has 3 N–H and O–H groups in total. The summed E-state index contributed by atoms with van der Waals surface area (Å²) in [6.07, 6.45) is 2.11. The van der Waals surface area contributed by atoms with Crippen molar-refractivity contribution >= 4 is 23.6 Å². The van der Waals surface area contributed by atoms with E-state index in [1.54, 1.807) is 24.3 Å². The van der Waals surface area contributed by atoms with E-state index >= 15 is 0 Å². The number of ether oxygens (including phenoxy) is 2. The van der Waals surface area contributed by atoms with Crippen LogP contribution in [-0.2, 0) is 11.2 Å². The van der Waals surface area contributed by atoms with Crippen LogP contribution in [-0.4, -0.2) is 57.4 Å². The van der Waals surface area contributed by atoms with Crippen molar-refractivity contribution < 1.29 is 33.0 Å². The first-order chi connectivity index (χ1) is 18.7. The fourth-order valence-electron chi connectivity index (χ4n) is 3.48. The van der Waals surface area contributed by atoms with E-state index in [2.05, 4.69) is 27.5 Å². The Bertz CT molecular complexity index is 1250. The van der Waals surface area contributed by atoms with Crippen LogP contribution in [0.3, 0.4) is 0 Å². The summed E-state index contributed by atoms with van der Waals surface area (Å²) in [5, 5.41) is 14.1. The van der Waals surface area contributed by atoms with E-state index < -0.39 is 18.4 Å². The summed E-state index contributed by atoms with van der Waals surface area (Å²) in [4.78, 5) is 27.5. The van der Waals surface area contributed by atoms with Crippen LogP contribution < -0.4 is 25.0 Å². The molecule has 0 atom stereocenters. The summed E-state index contributed by atoms with van der Waals surface area (Å²) in [7, 11) is 3.97. The molecule has 0 saturated carbocycles. The van der Waals surface area contributed by atoms with Crippen LogP contribution in [0.4, 0.5) is 14.5 Å². The second-order valence-corrected chi connectivity index (χ2v) is 8.62. The molecule has 0 saturated heterocycles. The first-order valence-electron chi connectivity index (χ1n) is 12.2. The first kappa shape index (κ1) is 29.1. The Hall–Kier alpha value is -4.44. The van der Waals surface area contributed by atoms with Crippen molar-refractivity contribution in [2.75, 3.05) is 38.8 Å². The minimum Gasteiger partial charge on any atom is -0.493 e. The second kappa shape index (κ2) is 14.5. The number of rotatable bonds is 13. The van der Waals surface area contributed by atoms with Gasteiger partial charge in [-0.05, 0) is 65.7 Å². The molecule has 0 unspecified atom stereocenters. The van der Waals surface area contributed by atoms with Crippen LogP contribution in [0, 0.1) is 0 Å². The molecule has 3 aromatic rings. The minimum absolute atomic E-state index is 0.0148. The highest BCUT2D eigenvalue weighted by molar-refractivity contribution is 6.05. The van der Waals surface area contributed by atoms with Gasteiger partial charge in [-0.1, -0.05) is 24.3 Å². The molecule has 10 heteroatoms. The highest BCUT2D eigenvalue weighted by Crippen LogP contribution is 2.18. The topological polar surface area (TPSA) is 100 Å². The number of aliphatic hydroxyl groups is 1. The molecule has 206 valence electrons. The van der Waals surface area contributed by atoms with Gasteiger partial charge in [0, 0.05) is 38.3 Å². The number of carbonyl (C=O) groups is 2. The lowest BCUT2D eigenvalue weighted by Crippen LogP contribution is -2.36. The van der Waals surface area contributed by atoms with Crippen molar-refractivity contribution in [2.24, 2.45) is 0 Å². The number of alkyl halides is 2. The summed E-state index contributed by atoms with van der Waals surface area (Å²) in [6.45, 7) is -2.79. The van der Waals surface area contributed by atoms with Gasteiger partial charge in [0.1, 0.15) is 17.2 Å². The molecule has 0 fully saturated rings. The zero-order chi connectivity index (χ0) is 28.2. The average Bonchev–Trinajstić information content (AvgIpc) is 2.92. The number of hydrogen-bond donors (Lipinski definition) is 3. The molecule has 0 heterocycles. The molecule has 3 aromatic carbocycles. The molecule has 0 spiro atoms. The third-order valence-electron chi connectivity index (χ3n) is 5.54. The number of anilines is 1. The lowest BCUT2D eigenvalue weighted by molar-refractivity contribution is -0.117. The second-order valence-electron chi connectivity index (χ2n) is 8.62. The van der Waals surface area contributed by atoms with Crippen LogP contribution in [0.15, 0.2) is 78.5 Å². The molecule has 0 bridgehead atoms. The van der Waals surface area contributed by atoms with E-state index in [4.69, 9.17) is 9.84 Å². The zero-order valence-corrected chi connectivity index (χ0v) is 21.7. The van der Waals surface area contributed by atoms with Gasteiger partial charge < -0.3 is 30.1 Å². The summed E-state index contributed by atoms with van der Waals surface area (Å²) < 4.78 is 34.9. The summed E-state index contributed by atoms with van der Waals surface area (Å²) >= 11 is 0. The van der Waals surface area contributed by atoms with Gasteiger partial charge in [-0.2, -0.15) is 8.78 Å². The lowest BCUT2D eigenvalue weighted by atomic mass is 10.1. The van der Waals surface area contributed by atoms with Crippen molar-refractivity contribution in [3.05, 3.63) is 95.2 Å². The number of benzene rings is 3. The maximum atomic E-state index is 12.9. The van der Waals surface area contributed by atoms with Gasteiger partial charge in [-0.3, -0.25) is 9.59 Å². The predicted octanol–water partition coefficient (Wildman–Crippen LogP) is 3.85. The van der Waals surface area contributed by atoms with E-state index in [1.165, 1.54) is 30.3 Å². The van der Waals surface area contributed by atoms with Crippen LogP contribution in [0.2, 0.25) is 0 Å². The summed E-state index contributed by atoms with van der Waals surface area (Å²) in [5.41, 5.74) is 2.94. The fourth-order valence-corrected chi connectivity index (χ4v) is 3.48. The van der Waals surface area contributed by atoms with Gasteiger partial charge in [0.25, 0.3) is 11.8 Å². The van der Waals surface area contributed by atoms with Gasteiger partial charge in [-0.15, -0.1) is 0 Å². The monoisotopic (exact) mass is 539 g/mol. The SMILES string of the molecule is CN(C)c1ccc(CCOc2ccc(C(=O)N/C(=C/c3ccc(OC(F)F)cc3)C(=O)NCCO)cc2)cc1. The van der Waals surface area contributed by atoms with E-state index in [9.17, 15) is 18.4 Å². The number of aliphatic hydroxyl groups excluding tert-OH is 1. The van der Waals surface area contributed by atoms with E-state index in [1.807, 2.05) is 31.1 Å². The maximum Gasteiger partial charge on any atom is 0.387 e. The van der Waals surface area contributed by atoms with Gasteiger partial charge in [0.15, 0.2) is 0 Å². The molecule has 3 rings (SSSR count). The molecule has 0 aliphatic heterocycles. The van der Waals surface area contributed by atoms with Gasteiger partial charge in [0.05, 0.1) is 13.2 Å². The molecule has 2 amide bonds. The Morgan fingerprint density at radius 1 is 0.949 bits per heavy atom. The normalized spacial score (nSPS) is 11.2. The van der Waals surface area contributed by atoms with Crippen LogP contribution in [0.25, 0.3) is 6.08 Å². The Kier molecular flexibility index (Phi) is 10.8. The van der Waals surface area contributed by atoms with Crippen LogP contribution in [0.1, 0.15) is 21.5 Å². The van der Waals surface area contributed by atoms with Gasteiger partial charge >= 0.3 is 6.61 Å². The van der Waals surface area contributed by atoms with E-state index in [0.29, 0.717) is 23.5 Å². The Balaban J connectivity index is 1.62. The minimum atomic E-state index is -2.96. The molecule has 8 nitrogen and oxygen atoms in total. The Labute approximate surface area is 225 Å². The van der Waals surface area contributed by atoms with Crippen molar-refractivity contribution in [1.82, 2.24) is 10.6 Å². The van der Waals surface area contributed by atoms with Crippen molar-refractivity contribution in [3.8, 4) is 11.5 Å². The Morgan fingerprint density at radius 2 is 1.59 bits per heavy atom. The number of hydrogen-bond acceptors (Lipinski definition) is 6. The molecular weight excluding hydrogens is 508 g/mol. The summed E-state index contributed by atoms with van der Waals surface area (Å²) in [6, 6.07) is 20.3. The highest BCUT2D eigenvalue weighted by atomic mass is 19.3. The number of carbonyl (C=O) groups excluding carboxylic acids is 2. The van der Waals surface area contributed by atoms with Crippen molar-refractivity contribution in [3.63, 3.8) is 0 Å². The quantitative estimate of drug-likeness (QED) is 0.286. The number of nitrogens with one attached hydrogen (secondary N) is 2. The molecule has 0 aliphatic rings. The standard InChI is InChI=1S/C29H31F2N3O5/c1-34(2)23-9-3-20(4-10-23)15-18-38-24-13-7-22(8-14-24)27(36)33-26(28(37)32-16-17-35)19-21-5-11-25(12-6-21)39-29(30)31/h3-14,19,29,35H,15-18H2,1-2H3,(H,32,37)(H,33,36)/b26-19+. The predicted molar refractivity (Wildman–Crippen MR) is 145 cm³/mol. The number of amides is 2. The fraction of sp³-hybridized carbons (Fsp3) is 0.241. The highest BCUT2D eigenvalue weighted by Gasteiger charge is 2.15. The molecule has 0 aliphatic carbocycles. The van der Waals surface area contributed by atoms with Gasteiger partial charge in [0.2, 0.25) is 0 Å². The molecule has 39 heavy (non-hydrogen) atoms. The zero-order valence-electron chi connectivity index (χ0n) is 21.7. The van der Waals surface area contributed by atoms with Crippen molar-refractivity contribution in [1.29, 1.82) is 0 Å². The lowest BCUT2D eigenvalue weighted by Gasteiger charge is -2.13. The largest absolute Gasteiger partial charge is 0.493 e. The third-order valence-corrected chi connectivity index (χ3v) is 5.54. The number of nitrogens with zero attached hydrogens (tertiary/aromatic N) is 1. The van der Waals surface area contributed by atoms with E-state index in [0.717, 1.165) is 17.7 Å². The van der Waals surface area contributed by atoms with Gasteiger partial charge in [-0.25, -0.2) is 0 Å². The molecule has 0 radical (unpaired) electrons. The van der Waals surface area contributed by atoms with E-state index in [-0.39, 0.29) is 24.6 Å². The van der Waals surface area contributed by atoms with Crippen molar-refractivity contribution in [2.45, 2.75) is 13.0 Å². The third kappa shape index (κ3) is 9.42. The molecule has 0 aromatic heterocycles. The number of halogens is 2. The van der Waals surface area contributed by atoms with Crippen LogP contribution >= 0.6 is 0 Å².